The molecule has 0 radical (unpaired) electrons. The van der Waals surface area contributed by atoms with E-state index in [0.717, 1.165) is 38.1 Å². The lowest BCUT2D eigenvalue weighted by atomic mass is 10.0. The van der Waals surface area contributed by atoms with Gasteiger partial charge in [0, 0.05) is 12.1 Å². The molecule has 0 amide bonds. The highest BCUT2D eigenvalue weighted by Gasteiger charge is 2.11. The topological polar surface area (TPSA) is 21.3 Å². The number of aryl methyl sites for hydroxylation is 1. The van der Waals surface area contributed by atoms with Gasteiger partial charge in [-0.3, -0.25) is 0 Å². The van der Waals surface area contributed by atoms with Crippen LogP contribution in [0.15, 0.2) is 66.7 Å². The average molecular weight is 348 g/mol. The van der Waals surface area contributed by atoms with Crippen molar-refractivity contribution in [3.8, 4) is 5.75 Å². The molecule has 0 aliphatic heterocycles. The molecular weight excluding hydrogens is 318 g/mol. The summed E-state index contributed by atoms with van der Waals surface area (Å²) in [4.78, 5) is 0. The highest BCUT2D eigenvalue weighted by Crippen LogP contribution is 2.29. The molecule has 0 spiro atoms. The second kappa shape index (κ2) is 9.40. The number of rotatable bonds is 9. The molecule has 3 aromatic rings. The Hall–Kier alpha value is -2.32. The Morgan fingerprint density at radius 3 is 2.50 bits per heavy atom. The van der Waals surface area contributed by atoms with Gasteiger partial charge in [0.2, 0.25) is 0 Å². The Balaban J connectivity index is 1.65. The molecule has 1 atom stereocenters. The predicted molar refractivity (Wildman–Crippen MR) is 111 cm³/mol. The molecule has 1 N–H and O–H groups in total. The zero-order valence-corrected chi connectivity index (χ0v) is 15.9. The SMILES string of the molecule is CCC(C)Oc1ccc2ccccc2c1CNCCCc1ccccc1. The molecule has 136 valence electrons. The van der Waals surface area contributed by atoms with Gasteiger partial charge in [-0.1, -0.05) is 67.6 Å². The quantitative estimate of drug-likeness (QED) is 0.498. The summed E-state index contributed by atoms with van der Waals surface area (Å²) in [5.41, 5.74) is 2.67. The van der Waals surface area contributed by atoms with Crippen molar-refractivity contribution in [2.75, 3.05) is 6.54 Å². The standard InChI is InChI=1S/C24H29NO/c1-3-19(2)26-24-16-15-21-13-7-8-14-22(21)23(24)18-25-17-9-12-20-10-5-4-6-11-20/h4-8,10-11,13-16,19,25H,3,9,12,17-18H2,1-2H3. The molecule has 2 heteroatoms. The fourth-order valence-corrected chi connectivity index (χ4v) is 3.18. The van der Waals surface area contributed by atoms with Gasteiger partial charge in [-0.05, 0) is 55.1 Å². The first-order valence-electron chi connectivity index (χ1n) is 9.70. The molecule has 0 aromatic heterocycles. The van der Waals surface area contributed by atoms with Crippen LogP contribution in [0, 0.1) is 0 Å². The summed E-state index contributed by atoms with van der Waals surface area (Å²) in [6.07, 6.45) is 3.49. The maximum atomic E-state index is 6.19. The maximum absolute atomic E-state index is 6.19. The Morgan fingerprint density at radius 2 is 1.69 bits per heavy atom. The molecular formula is C24H29NO. The number of ether oxygens (including phenoxy) is 1. The maximum Gasteiger partial charge on any atom is 0.124 e. The van der Waals surface area contributed by atoms with Gasteiger partial charge in [-0.2, -0.15) is 0 Å². The van der Waals surface area contributed by atoms with Gasteiger partial charge in [0.05, 0.1) is 6.10 Å². The lowest BCUT2D eigenvalue weighted by Gasteiger charge is -2.18. The minimum Gasteiger partial charge on any atom is -0.490 e. The largest absolute Gasteiger partial charge is 0.490 e. The molecule has 26 heavy (non-hydrogen) atoms. The molecule has 3 rings (SSSR count). The third-order valence-electron chi connectivity index (χ3n) is 4.86. The normalized spacial score (nSPS) is 12.2. The Bertz CT molecular complexity index is 813. The van der Waals surface area contributed by atoms with Gasteiger partial charge in [0.25, 0.3) is 0 Å². The van der Waals surface area contributed by atoms with Crippen LogP contribution in [-0.2, 0) is 13.0 Å². The molecule has 0 fully saturated rings. The first-order valence-corrected chi connectivity index (χ1v) is 9.70. The summed E-state index contributed by atoms with van der Waals surface area (Å²) in [7, 11) is 0. The minimum atomic E-state index is 0.230. The van der Waals surface area contributed by atoms with Crippen molar-refractivity contribution < 1.29 is 4.74 Å². The van der Waals surface area contributed by atoms with Crippen molar-refractivity contribution in [2.24, 2.45) is 0 Å². The fourth-order valence-electron chi connectivity index (χ4n) is 3.18. The van der Waals surface area contributed by atoms with E-state index in [1.807, 2.05) is 0 Å². The lowest BCUT2D eigenvalue weighted by Crippen LogP contribution is -2.18. The van der Waals surface area contributed by atoms with Crippen LogP contribution >= 0.6 is 0 Å². The zero-order chi connectivity index (χ0) is 18.2. The van der Waals surface area contributed by atoms with Crippen molar-refractivity contribution in [3.63, 3.8) is 0 Å². The van der Waals surface area contributed by atoms with Crippen LogP contribution in [-0.4, -0.2) is 12.6 Å². The Labute approximate surface area is 157 Å². The third-order valence-corrected chi connectivity index (χ3v) is 4.86. The van der Waals surface area contributed by atoms with Gasteiger partial charge < -0.3 is 10.1 Å². The van der Waals surface area contributed by atoms with Crippen LogP contribution in [0.2, 0.25) is 0 Å². The van der Waals surface area contributed by atoms with E-state index in [1.165, 1.54) is 21.9 Å². The molecule has 2 nitrogen and oxygen atoms in total. The molecule has 0 heterocycles. The van der Waals surface area contributed by atoms with Gasteiger partial charge >= 0.3 is 0 Å². The second-order valence-corrected chi connectivity index (χ2v) is 6.87. The van der Waals surface area contributed by atoms with Gasteiger partial charge in [0.15, 0.2) is 0 Å². The van der Waals surface area contributed by atoms with Crippen LogP contribution in [0.4, 0.5) is 0 Å². The fraction of sp³-hybridized carbons (Fsp3) is 0.333. The van der Waals surface area contributed by atoms with Crippen molar-refractivity contribution in [1.29, 1.82) is 0 Å². The van der Waals surface area contributed by atoms with E-state index in [9.17, 15) is 0 Å². The third kappa shape index (κ3) is 4.86. The monoisotopic (exact) mass is 347 g/mol. The summed E-state index contributed by atoms with van der Waals surface area (Å²) in [5.74, 6) is 1.01. The molecule has 0 saturated heterocycles. The highest BCUT2D eigenvalue weighted by molar-refractivity contribution is 5.87. The zero-order valence-electron chi connectivity index (χ0n) is 15.9. The Morgan fingerprint density at radius 1 is 0.923 bits per heavy atom. The smallest absolute Gasteiger partial charge is 0.124 e. The van der Waals surface area contributed by atoms with Gasteiger partial charge in [0.1, 0.15) is 5.75 Å². The molecule has 0 bridgehead atoms. The van der Waals surface area contributed by atoms with Crippen LogP contribution in [0.3, 0.4) is 0 Å². The minimum absolute atomic E-state index is 0.230. The summed E-state index contributed by atoms with van der Waals surface area (Å²) in [6, 6.07) is 23.5. The summed E-state index contributed by atoms with van der Waals surface area (Å²) < 4.78 is 6.19. The van der Waals surface area contributed by atoms with E-state index in [4.69, 9.17) is 4.74 Å². The highest BCUT2D eigenvalue weighted by atomic mass is 16.5. The summed E-state index contributed by atoms with van der Waals surface area (Å²) in [6.45, 7) is 6.13. The van der Waals surface area contributed by atoms with Crippen molar-refractivity contribution in [1.82, 2.24) is 5.32 Å². The molecule has 0 aliphatic rings. The van der Waals surface area contributed by atoms with Crippen LogP contribution in [0.1, 0.15) is 37.8 Å². The number of benzene rings is 3. The lowest BCUT2D eigenvalue weighted by molar-refractivity contribution is 0.215. The summed E-state index contributed by atoms with van der Waals surface area (Å²) >= 11 is 0. The van der Waals surface area contributed by atoms with Crippen molar-refractivity contribution in [2.45, 2.75) is 45.8 Å². The average Bonchev–Trinajstić information content (AvgIpc) is 2.69. The van der Waals surface area contributed by atoms with Crippen molar-refractivity contribution >= 4 is 10.8 Å². The molecule has 0 aliphatic carbocycles. The first-order chi connectivity index (χ1) is 12.8. The van der Waals surface area contributed by atoms with Gasteiger partial charge in [-0.25, -0.2) is 0 Å². The molecule has 1 unspecified atom stereocenters. The van der Waals surface area contributed by atoms with Crippen LogP contribution < -0.4 is 10.1 Å². The van der Waals surface area contributed by atoms with E-state index >= 15 is 0 Å². The van der Waals surface area contributed by atoms with E-state index in [2.05, 4.69) is 85.9 Å². The van der Waals surface area contributed by atoms with Gasteiger partial charge in [-0.15, -0.1) is 0 Å². The summed E-state index contributed by atoms with van der Waals surface area (Å²) in [5, 5.41) is 6.17. The second-order valence-electron chi connectivity index (χ2n) is 6.87. The van der Waals surface area contributed by atoms with E-state index in [0.29, 0.717) is 0 Å². The van der Waals surface area contributed by atoms with Crippen LogP contribution in [0.25, 0.3) is 10.8 Å². The first kappa shape index (κ1) is 18.5. The Kier molecular flexibility index (Phi) is 6.68. The number of nitrogens with one attached hydrogen (secondary N) is 1. The van der Waals surface area contributed by atoms with E-state index in [1.54, 1.807) is 0 Å². The van der Waals surface area contributed by atoms with Crippen molar-refractivity contribution in [3.05, 3.63) is 77.9 Å². The molecule has 0 saturated carbocycles. The number of hydrogen-bond acceptors (Lipinski definition) is 2. The van der Waals surface area contributed by atoms with E-state index in [-0.39, 0.29) is 6.10 Å². The number of hydrogen-bond donors (Lipinski definition) is 1. The number of fused-ring (bicyclic) bond motifs is 1. The predicted octanol–water partition coefficient (Wildman–Crippen LogP) is 5.74. The van der Waals surface area contributed by atoms with Crippen LogP contribution in [0.5, 0.6) is 5.75 Å². The van der Waals surface area contributed by atoms with E-state index < -0.39 is 0 Å². The molecule has 3 aromatic carbocycles.